The molecule has 1 N–H and O–H groups in total. The van der Waals surface area contributed by atoms with Crippen molar-refractivity contribution in [3.05, 3.63) is 54.1 Å². The van der Waals surface area contributed by atoms with E-state index in [0.717, 1.165) is 35.3 Å². The van der Waals surface area contributed by atoms with Gasteiger partial charge < -0.3 is 5.32 Å². The van der Waals surface area contributed by atoms with Gasteiger partial charge >= 0.3 is 0 Å². The van der Waals surface area contributed by atoms with Crippen molar-refractivity contribution >= 4 is 11.0 Å². The highest BCUT2D eigenvalue weighted by Gasteiger charge is 2.16. The van der Waals surface area contributed by atoms with Crippen molar-refractivity contribution in [2.75, 3.05) is 7.05 Å². The maximum absolute atomic E-state index is 4.72. The molecule has 0 amide bonds. The number of aromatic nitrogens is 4. The molecule has 0 aliphatic carbocycles. The van der Waals surface area contributed by atoms with Crippen molar-refractivity contribution in [1.29, 1.82) is 0 Å². The number of hydrogen-bond acceptors (Lipinski definition) is 4. The Kier molecular flexibility index (Phi) is 3.92. The lowest BCUT2D eigenvalue weighted by Crippen LogP contribution is -2.18. The van der Waals surface area contributed by atoms with E-state index in [4.69, 9.17) is 4.98 Å². The molecule has 0 aliphatic heterocycles. The van der Waals surface area contributed by atoms with E-state index in [0.29, 0.717) is 0 Å². The van der Waals surface area contributed by atoms with Gasteiger partial charge in [0.1, 0.15) is 0 Å². The monoisotopic (exact) mass is 281 g/mol. The Hall–Kier alpha value is -2.27. The second kappa shape index (κ2) is 6.01. The molecule has 1 unspecified atom stereocenters. The summed E-state index contributed by atoms with van der Waals surface area (Å²) in [6.45, 7) is 3.07. The maximum atomic E-state index is 4.72. The van der Waals surface area contributed by atoms with E-state index in [9.17, 15) is 0 Å². The third-order valence-corrected chi connectivity index (χ3v) is 3.49. The summed E-state index contributed by atoms with van der Waals surface area (Å²) in [6.07, 6.45) is 6.87. The van der Waals surface area contributed by atoms with Crippen molar-refractivity contribution in [3.8, 4) is 0 Å². The molecule has 2 heterocycles. The Bertz CT molecular complexity index is 734. The van der Waals surface area contributed by atoms with Crippen LogP contribution in [0.1, 0.15) is 30.6 Å². The number of fused-ring (bicyclic) bond motifs is 1. The molecular formula is C16H19N5. The molecule has 0 saturated carbocycles. The Labute approximate surface area is 124 Å². The van der Waals surface area contributed by atoms with Crippen LogP contribution in [0.3, 0.4) is 0 Å². The van der Waals surface area contributed by atoms with Gasteiger partial charge in [-0.2, -0.15) is 5.10 Å². The van der Waals surface area contributed by atoms with Crippen LogP contribution in [0.4, 0.5) is 0 Å². The lowest BCUT2D eigenvalue weighted by Gasteiger charge is -2.14. The molecule has 108 valence electrons. The predicted molar refractivity (Wildman–Crippen MR) is 83.0 cm³/mol. The summed E-state index contributed by atoms with van der Waals surface area (Å²) < 4.78 is 1.97. The minimum atomic E-state index is 0.00714. The molecule has 0 radical (unpaired) electrons. The quantitative estimate of drug-likeness (QED) is 0.781. The average Bonchev–Trinajstić information content (AvgIpc) is 2.97. The van der Waals surface area contributed by atoms with Crippen LogP contribution < -0.4 is 5.32 Å². The molecule has 5 nitrogen and oxygen atoms in total. The van der Waals surface area contributed by atoms with Crippen molar-refractivity contribution in [2.45, 2.75) is 25.9 Å². The van der Waals surface area contributed by atoms with Crippen LogP contribution in [-0.4, -0.2) is 26.8 Å². The average molecular weight is 281 g/mol. The minimum Gasteiger partial charge on any atom is -0.308 e. The summed E-state index contributed by atoms with van der Waals surface area (Å²) in [5.74, 6) is 0. The fraction of sp³-hybridized carbons (Fsp3) is 0.312. The Morgan fingerprint density at radius 3 is 2.76 bits per heavy atom. The first kappa shape index (κ1) is 13.7. The largest absolute Gasteiger partial charge is 0.308 e. The molecule has 1 atom stereocenters. The van der Waals surface area contributed by atoms with Gasteiger partial charge in [-0.1, -0.05) is 19.1 Å². The Morgan fingerprint density at radius 1 is 1.19 bits per heavy atom. The van der Waals surface area contributed by atoms with E-state index in [1.807, 2.05) is 48.4 Å². The van der Waals surface area contributed by atoms with Gasteiger partial charge in [0.05, 0.1) is 35.2 Å². The Morgan fingerprint density at radius 2 is 2.00 bits per heavy atom. The first-order valence-electron chi connectivity index (χ1n) is 7.23. The topological polar surface area (TPSA) is 55.6 Å². The molecule has 0 spiro atoms. The number of para-hydroxylation sites is 2. The molecule has 0 bridgehead atoms. The summed E-state index contributed by atoms with van der Waals surface area (Å²) in [6, 6.07) is 7.92. The van der Waals surface area contributed by atoms with Gasteiger partial charge in [0.25, 0.3) is 0 Å². The summed E-state index contributed by atoms with van der Waals surface area (Å²) >= 11 is 0. The lowest BCUT2D eigenvalue weighted by atomic mass is 10.1. The van der Waals surface area contributed by atoms with Crippen LogP contribution in [0.15, 0.2) is 42.9 Å². The zero-order chi connectivity index (χ0) is 14.7. The smallest absolute Gasteiger partial charge is 0.0890 e. The molecule has 0 fully saturated rings. The van der Waals surface area contributed by atoms with Crippen molar-refractivity contribution in [2.24, 2.45) is 0 Å². The molecule has 0 saturated heterocycles. The van der Waals surface area contributed by atoms with Gasteiger partial charge in [-0.05, 0) is 25.6 Å². The molecule has 21 heavy (non-hydrogen) atoms. The lowest BCUT2D eigenvalue weighted by molar-refractivity contribution is 0.600. The second-order valence-electron chi connectivity index (χ2n) is 5.04. The number of rotatable bonds is 5. The molecule has 1 aromatic carbocycles. The first-order chi connectivity index (χ1) is 10.3. The van der Waals surface area contributed by atoms with Gasteiger partial charge in [0.15, 0.2) is 0 Å². The number of benzene rings is 1. The predicted octanol–water partition coefficient (Wildman–Crippen LogP) is 2.55. The fourth-order valence-corrected chi connectivity index (χ4v) is 2.48. The molecule has 5 heteroatoms. The number of nitrogens with zero attached hydrogens (tertiary/aromatic N) is 4. The van der Waals surface area contributed by atoms with Crippen LogP contribution in [0, 0.1) is 0 Å². The summed E-state index contributed by atoms with van der Waals surface area (Å²) in [7, 11) is 1.93. The van der Waals surface area contributed by atoms with Crippen LogP contribution in [0.25, 0.3) is 11.0 Å². The van der Waals surface area contributed by atoms with Crippen molar-refractivity contribution in [3.63, 3.8) is 0 Å². The van der Waals surface area contributed by atoms with E-state index < -0.39 is 0 Å². The highest BCUT2D eigenvalue weighted by Crippen LogP contribution is 2.21. The van der Waals surface area contributed by atoms with Gasteiger partial charge in [-0.15, -0.1) is 0 Å². The van der Waals surface area contributed by atoms with E-state index in [-0.39, 0.29) is 6.04 Å². The maximum Gasteiger partial charge on any atom is 0.0890 e. The summed E-state index contributed by atoms with van der Waals surface area (Å²) in [5, 5.41) is 7.69. The second-order valence-corrected chi connectivity index (χ2v) is 5.04. The molecule has 3 aromatic rings. The van der Waals surface area contributed by atoms with Crippen LogP contribution in [-0.2, 0) is 6.54 Å². The van der Waals surface area contributed by atoms with E-state index in [1.165, 1.54) is 0 Å². The Balaban J connectivity index is 1.96. The van der Waals surface area contributed by atoms with Gasteiger partial charge in [-0.25, -0.2) is 4.98 Å². The number of nitrogens with one attached hydrogen (secondary N) is 1. The SMILES string of the molecule is CCCn1cc(C(NC)c2cnc3ccccc3n2)cn1. The van der Waals surface area contributed by atoms with E-state index in [1.54, 1.807) is 0 Å². The van der Waals surface area contributed by atoms with Gasteiger partial charge in [0, 0.05) is 18.3 Å². The zero-order valence-electron chi connectivity index (χ0n) is 12.3. The van der Waals surface area contributed by atoms with Crippen LogP contribution >= 0.6 is 0 Å². The first-order valence-corrected chi connectivity index (χ1v) is 7.23. The summed E-state index contributed by atoms with van der Waals surface area (Å²) in [4.78, 5) is 9.20. The van der Waals surface area contributed by atoms with Gasteiger partial charge in [-0.3, -0.25) is 9.67 Å². The van der Waals surface area contributed by atoms with Crippen molar-refractivity contribution in [1.82, 2.24) is 25.1 Å². The van der Waals surface area contributed by atoms with E-state index >= 15 is 0 Å². The molecule has 3 rings (SSSR count). The molecule has 0 aliphatic rings. The molecule has 2 aromatic heterocycles. The van der Waals surface area contributed by atoms with Crippen molar-refractivity contribution < 1.29 is 0 Å². The fourth-order valence-electron chi connectivity index (χ4n) is 2.48. The third-order valence-electron chi connectivity index (χ3n) is 3.49. The molecular weight excluding hydrogens is 262 g/mol. The number of aryl methyl sites for hydroxylation is 1. The zero-order valence-corrected chi connectivity index (χ0v) is 12.3. The van der Waals surface area contributed by atoms with E-state index in [2.05, 4.69) is 28.5 Å². The van der Waals surface area contributed by atoms with Crippen LogP contribution in [0.2, 0.25) is 0 Å². The third kappa shape index (κ3) is 2.78. The normalized spacial score (nSPS) is 12.7. The highest BCUT2D eigenvalue weighted by atomic mass is 15.3. The van der Waals surface area contributed by atoms with Crippen LogP contribution in [0.5, 0.6) is 0 Å². The van der Waals surface area contributed by atoms with Gasteiger partial charge in [0.2, 0.25) is 0 Å². The number of hydrogen-bond donors (Lipinski definition) is 1. The standard InChI is InChI=1S/C16H19N5/c1-3-8-21-11-12(9-19-21)16(17-2)15-10-18-13-6-4-5-7-14(13)20-15/h4-7,9-11,16-17H,3,8H2,1-2H3. The summed E-state index contributed by atoms with van der Waals surface area (Å²) in [5.41, 5.74) is 3.84. The minimum absolute atomic E-state index is 0.00714. The highest BCUT2D eigenvalue weighted by molar-refractivity contribution is 5.73.